The molecule has 4 heteroatoms. The average molecular weight is 262 g/mol. The van der Waals surface area contributed by atoms with Crippen molar-refractivity contribution in [3.05, 3.63) is 24.3 Å². The standard InChI is InChI=1S/C15H22N2O2/c1-15(2)7-6-12(9-15)17-14(18)10-19-13-5-3-4-11(16)8-13/h3-5,8,12H,6-7,9-10,16H2,1-2H3,(H,17,18). The summed E-state index contributed by atoms with van der Waals surface area (Å²) in [4.78, 5) is 11.8. The zero-order valence-corrected chi connectivity index (χ0v) is 11.6. The maximum atomic E-state index is 11.8. The van der Waals surface area contributed by atoms with Gasteiger partial charge >= 0.3 is 0 Å². The van der Waals surface area contributed by atoms with Gasteiger partial charge in [0.2, 0.25) is 0 Å². The topological polar surface area (TPSA) is 64.3 Å². The van der Waals surface area contributed by atoms with Gasteiger partial charge in [0.1, 0.15) is 5.75 Å². The molecule has 1 fully saturated rings. The fourth-order valence-corrected chi connectivity index (χ4v) is 2.58. The molecule has 0 aromatic heterocycles. The summed E-state index contributed by atoms with van der Waals surface area (Å²) in [6.07, 6.45) is 3.25. The predicted octanol–water partition coefficient (Wildman–Crippen LogP) is 2.34. The lowest BCUT2D eigenvalue weighted by Crippen LogP contribution is -2.36. The Balaban J connectivity index is 1.76. The summed E-state index contributed by atoms with van der Waals surface area (Å²) in [5.74, 6) is 0.562. The molecular weight excluding hydrogens is 240 g/mol. The number of hydrogen-bond donors (Lipinski definition) is 2. The number of nitrogen functional groups attached to an aromatic ring is 1. The normalized spacial score (nSPS) is 21.1. The minimum atomic E-state index is -0.0647. The van der Waals surface area contributed by atoms with Crippen molar-refractivity contribution in [1.29, 1.82) is 0 Å². The van der Waals surface area contributed by atoms with Crippen LogP contribution in [0.3, 0.4) is 0 Å². The highest BCUT2D eigenvalue weighted by Crippen LogP contribution is 2.36. The molecule has 1 saturated carbocycles. The lowest BCUT2D eigenvalue weighted by molar-refractivity contribution is -0.123. The summed E-state index contributed by atoms with van der Waals surface area (Å²) in [5, 5.41) is 3.02. The Morgan fingerprint density at radius 3 is 2.95 bits per heavy atom. The summed E-state index contributed by atoms with van der Waals surface area (Å²) in [5.41, 5.74) is 6.62. The molecule has 3 N–H and O–H groups in total. The van der Waals surface area contributed by atoms with E-state index in [2.05, 4.69) is 19.2 Å². The Labute approximate surface area is 114 Å². The molecule has 0 aliphatic heterocycles. The van der Waals surface area contributed by atoms with E-state index in [1.165, 1.54) is 0 Å². The van der Waals surface area contributed by atoms with E-state index in [4.69, 9.17) is 10.5 Å². The van der Waals surface area contributed by atoms with Gasteiger partial charge in [-0.1, -0.05) is 19.9 Å². The molecule has 4 nitrogen and oxygen atoms in total. The molecule has 1 atom stereocenters. The van der Waals surface area contributed by atoms with Crippen molar-refractivity contribution in [2.45, 2.75) is 39.2 Å². The third kappa shape index (κ3) is 4.16. The third-order valence-electron chi connectivity index (χ3n) is 3.56. The van der Waals surface area contributed by atoms with E-state index in [1.54, 1.807) is 18.2 Å². The van der Waals surface area contributed by atoms with Gasteiger partial charge < -0.3 is 15.8 Å². The Morgan fingerprint density at radius 2 is 2.32 bits per heavy atom. The number of anilines is 1. The Bertz CT molecular complexity index is 457. The quantitative estimate of drug-likeness (QED) is 0.819. The second-order valence-corrected chi connectivity index (χ2v) is 6.03. The molecule has 0 radical (unpaired) electrons. The van der Waals surface area contributed by atoms with Gasteiger partial charge in [-0.25, -0.2) is 0 Å². The van der Waals surface area contributed by atoms with Crippen LogP contribution in [0.4, 0.5) is 5.69 Å². The van der Waals surface area contributed by atoms with E-state index in [-0.39, 0.29) is 18.6 Å². The summed E-state index contributed by atoms with van der Waals surface area (Å²) in [6, 6.07) is 7.39. The molecule has 104 valence electrons. The maximum Gasteiger partial charge on any atom is 0.258 e. The van der Waals surface area contributed by atoms with E-state index in [0.717, 1.165) is 19.3 Å². The van der Waals surface area contributed by atoms with Crippen LogP contribution in [0.2, 0.25) is 0 Å². The zero-order valence-electron chi connectivity index (χ0n) is 11.6. The number of rotatable bonds is 4. The fraction of sp³-hybridized carbons (Fsp3) is 0.533. The molecule has 1 amide bonds. The molecule has 2 rings (SSSR count). The number of amides is 1. The first-order chi connectivity index (χ1) is 8.94. The van der Waals surface area contributed by atoms with Crippen LogP contribution in [-0.2, 0) is 4.79 Å². The average Bonchev–Trinajstić information content (AvgIpc) is 2.66. The monoisotopic (exact) mass is 262 g/mol. The first kappa shape index (κ1) is 13.7. The summed E-state index contributed by atoms with van der Waals surface area (Å²) in [6.45, 7) is 4.52. The van der Waals surface area contributed by atoms with Crippen molar-refractivity contribution in [3.63, 3.8) is 0 Å². The van der Waals surface area contributed by atoms with E-state index in [9.17, 15) is 4.79 Å². The first-order valence-electron chi connectivity index (χ1n) is 6.72. The lowest BCUT2D eigenvalue weighted by atomic mass is 9.92. The number of carbonyl (C=O) groups is 1. The van der Waals surface area contributed by atoms with E-state index in [0.29, 0.717) is 16.9 Å². The van der Waals surface area contributed by atoms with Crippen molar-refractivity contribution in [3.8, 4) is 5.75 Å². The predicted molar refractivity (Wildman–Crippen MR) is 75.9 cm³/mol. The number of ether oxygens (including phenoxy) is 1. The number of nitrogens with one attached hydrogen (secondary N) is 1. The van der Waals surface area contributed by atoms with Crippen LogP contribution in [0.25, 0.3) is 0 Å². The SMILES string of the molecule is CC1(C)CCC(NC(=O)COc2cccc(N)c2)C1. The minimum absolute atomic E-state index is 0.0420. The highest BCUT2D eigenvalue weighted by atomic mass is 16.5. The summed E-state index contributed by atoms with van der Waals surface area (Å²) < 4.78 is 5.42. The van der Waals surface area contributed by atoms with Gasteiger partial charge in [-0.3, -0.25) is 4.79 Å². The van der Waals surface area contributed by atoms with Crippen LogP contribution in [0, 0.1) is 5.41 Å². The van der Waals surface area contributed by atoms with Crippen molar-refractivity contribution in [2.24, 2.45) is 5.41 Å². The number of hydrogen-bond acceptors (Lipinski definition) is 3. The van der Waals surface area contributed by atoms with Crippen LogP contribution in [0.1, 0.15) is 33.1 Å². The van der Waals surface area contributed by atoms with Crippen LogP contribution >= 0.6 is 0 Å². The van der Waals surface area contributed by atoms with Gasteiger partial charge in [0.25, 0.3) is 5.91 Å². The molecule has 1 unspecified atom stereocenters. The molecule has 1 aliphatic carbocycles. The molecule has 0 spiro atoms. The van der Waals surface area contributed by atoms with Gasteiger partial charge in [0.05, 0.1) is 0 Å². The van der Waals surface area contributed by atoms with Crippen molar-refractivity contribution < 1.29 is 9.53 Å². The smallest absolute Gasteiger partial charge is 0.258 e. The molecular formula is C15H22N2O2. The molecule has 1 aromatic rings. The van der Waals surface area contributed by atoms with E-state index < -0.39 is 0 Å². The van der Waals surface area contributed by atoms with Crippen molar-refractivity contribution in [2.75, 3.05) is 12.3 Å². The number of nitrogens with two attached hydrogens (primary N) is 1. The zero-order chi connectivity index (χ0) is 13.9. The van der Waals surface area contributed by atoms with Crippen molar-refractivity contribution >= 4 is 11.6 Å². The highest BCUT2D eigenvalue weighted by molar-refractivity contribution is 5.77. The Kier molecular flexibility index (Phi) is 3.98. The van der Waals surface area contributed by atoms with E-state index in [1.807, 2.05) is 6.07 Å². The maximum absolute atomic E-state index is 11.8. The van der Waals surface area contributed by atoms with Gasteiger partial charge in [-0.15, -0.1) is 0 Å². The molecule has 19 heavy (non-hydrogen) atoms. The molecule has 0 heterocycles. The highest BCUT2D eigenvalue weighted by Gasteiger charge is 2.31. The fourth-order valence-electron chi connectivity index (χ4n) is 2.58. The van der Waals surface area contributed by atoms with Gasteiger partial charge in [-0.2, -0.15) is 0 Å². The van der Waals surface area contributed by atoms with E-state index >= 15 is 0 Å². The molecule has 0 saturated heterocycles. The van der Waals surface area contributed by atoms with Crippen LogP contribution in [-0.4, -0.2) is 18.6 Å². The summed E-state index contributed by atoms with van der Waals surface area (Å²) >= 11 is 0. The molecule has 1 aliphatic rings. The van der Waals surface area contributed by atoms with Gasteiger partial charge in [0, 0.05) is 17.8 Å². The Hall–Kier alpha value is -1.71. The first-order valence-corrected chi connectivity index (χ1v) is 6.72. The van der Waals surface area contributed by atoms with Crippen LogP contribution in [0.15, 0.2) is 24.3 Å². The summed E-state index contributed by atoms with van der Waals surface area (Å²) in [7, 11) is 0. The number of benzene rings is 1. The van der Waals surface area contributed by atoms with Gasteiger partial charge in [-0.05, 0) is 36.8 Å². The Morgan fingerprint density at radius 1 is 1.53 bits per heavy atom. The van der Waals surface area contributed by atoms with Gasteiger partial charge in [0.15, 0.2) is 6.61 Å². The second kappa shape index (κ2) is 5.51. The molecule has 1 aromatic carbocycles. The largest absolute Gasteiger partial charge is 0.484 e. The van der Waals surface area contributed by atoms with Crippen molar-refractivity contribution in [1.82, 2.24) is 5.32 Å². The lowest BCUT2D eigenvalue weighted by Gasteiger charge is -2.18. The molecule has 0 bridgehead atoms. The second-order valence-electron chi connectivity index (χ2n) is 6.03. The van der Waals surface area contributed by atoms with Crippen LogP contribution < -0.4 is 15.8 Å². The third-order valence-corrected chi connectivity index (χ3v) is 3.56. The van der Waals surface area contributed by atoms with Crippen LogP contribution in [0.5, 0.6) is 5.75 Å². The number of carbonyl (C=O) groups excluding carboxylic acids is 1. The minimum Gasteiger partial charge on any atom is -0.484 e.